The van der Waals surface area contributed by atoms with Crippen LogP contribution in [0.2, 0.25) is 0 Å². The maximum Gasteiger partial charge on any atom is 0.191 e. The second-order valence-electron chi connectivity index (χ2n) is 5.75. The molecule has 0 aromatic carbocycles. The van der Waals surface area contributed by atoms with Crippen molar-refractivity contribution in [3.05, 3.63) is 24.2 Å². The first kappa shape index (κ1) is 20.2. The van der Waals surface area contributed by atoms with E-state index in [2.05, 4.69) is 36.4 Å². The molecule has 0 bridgehead atoms. The molecule has 122 valence electrons. The van der Waals surface area contributed by atoms with Crippen LogP contribution in [0.1, 0.15) is 33.5 Å². The zero-order valence-corrected chi connectivity index (χ0v) is 15.9. The molecule has 6 heteroatoms. The second kappa shape index (κ2) is 10.0. The summed E-state index contributed by atoms with van der Waals surface area (Å²) < 4.78 is 10.8. The highest BCUT2D eigenvalue weighted by molar-refractivity contribution is 14.0. The Morgan fingerprint density at radius 2 is 2.10 bits per heavy atom. The number of halogens is 1. The molecule has 1 rings (SSSR count). The average Bonchev–Trinajstić information content (AvgIpc) is 2.88. The van der Waals surface area contributed by atoms with E-state index in [0.29, 0.717) is 13.1 Å². The summed E-state index contributed by atoms with van der Waals surface area (Å²) >= 11 is 0. The molecular formula is C15H28IN3O2. The minimum absolute atomic E-state index is 0. The van der Waals surface area contributed by atoms with Crippen molar-refractivity contribution in [3.8, 4) is 0 Å². The van der Waals surface area contributed by atoms with Gasteiger partial charge in [-0.2, -0.15) is 0 Å². The van der Waals surface area contributed by atoms with Gasteiger partial charge in [0.15, 0.2) is 5.96 Å². The number of hydrogen-bond acceptors (Lipinski definition) is 3. The number of guanidine groups is 1. The van der Waals surface area contributed by atoms with Crippen LogP contribution in [0.4, 0.5) is 0 Å². The molecule has 0 aliphatic carbocycles. The highest BCUT2D eigenvalue weighted by Gasteiger charge is 2.24. The van der Waals surface area contributed by atoms with Gasteiger partial charge >= 0.3 is 0 Å². The summed E-state index contributed by atoms with van der Waals surface area (Å²) in [6.45, 7) is 10.6. The highest BCUT2D eigenvalue weighted by atomic mass is 127. The number of furan rings is 1. The van der Waals surface area contributed by atoms with E-state index in [0.717, 1.165) is 18.3 Å². The summed E-state index contributed by atoms with van der Waals surface area (Å²) in [6.07, 6.45) is 1.78. The van der Waals surface area contributed by atoms with E-state index in [1.54, 1.807) is 13.4 Å². The Kier molecular flexibility index (Phi) is 9.68. The minimum Gasteiger partial charge on any atom is -0.467 e. The van der Waals surface area contributed by atoms with Crippen LogP contribution in [0, 0.1) is 5.41 Å². The summed E-state index contributed by atoms with van der Waals surface area (Å²) in [5.41, 5.74) is 0.0834. The Hall–Kier alpha value is -0.760. The van der Waals surface area contributed by atoms with E-state index in [1.165, 1.54) is 0 Å². The lowest BCUT2D eigenvalue weighted by Gasteiger charge is -2.30. The second-order valence-corrected chi connectivity index (χ2v) is 5.75. The Morgan fingerprint density at radius 3 is 2.57 bits per heavy atom. The number of nitrogens with zero attached hydrogens (tertiary/aromatic N) is 1. The number of nitrogens with one attached hydrogen (secondary N) is 2. The quantitative estimate of drug-likeness (QED) is 0.431. The fourth-order valence-corrected chi connectivity index (χ4v) is 1.83. The molecule has 0 saturated carbocycles. The van der Waals surface area contributed by atoms with Crippen LogP contribution in [0.5, 0.6) is 0 Å². The van der Waals surface area contributed by atoms with Crippen molar-refractivity contribution in [2.45, 2.75) is 40.3 Å². The first-order valence-corrected chi connectivity index (χ1v) is 7.04. The summed E-state index contributed by atoms with van der Waals surface area (Å²) in [6, 6.07) is 3.78. The normalized spacial score (nSPS) is 13.5. The molecule has 1 aromatic heterocycles. The van der Waals surface area contributed by atoms with Gasteiger partial charge in [-0.3, -0.25) is 0 Å². The van der Waals surface area contributed by atoms with Gasteiger partial charge in [0.25, 0.3) is 0 Å². The Labute approximate surface area is 144 Å². The molecule has 0 aliphatic heterocycles. The monoisotopic (exact) mass is 409 g/mol. The summed E-state index contributed by atoms with van der Waals surface area (Å²) in [4.78, 5) is 4.49. The number of hydrogen-bond donors (Lipinski definition) is 2. The Morgan fingerprint density at radius 1 is 1.38 bits per heavy atom. The minimum atomic E-state index is 0. The van der Waals surface area contributed by atoms with Crippen LogP contribution in [-0.2, 0) is 11.3 Å². The fraction of sp³-hybridized carbons (Fsp3) is 0.667. The number of methoxy groups -OCH3 is 1. The third-order valence-corrected chi connectivity index (χ3v) is 3.02. The smallest absolute Gasteiger partial charge is 0.191 e. The maximum absolute atomic E-state index is 5.53. The number of ether oxygens (including phenoxy) is 1. The number of rotatable bonds is 6. The van der Waals surface area contributed by atoms with Gasteiger partial charge in [-0.25, -0.2) is 4.99 Å². The molecule has 0 fully saturated rings. The van der Waals surface area contributed by atoms with Crippen molar-refractivity contribution >= 4 is 29.9 Å². The molecular weight excluding hydrogens is 381 g/mol. The van der Waals surface area contributed by atoms with Crippen LogP contribution in [0.3, 0.4) is 0 Å². The average molecular weight is 409 g/mol. The summed E-state index contributed by atoms with van der Waals surface area (Å²) in [5.74, 6) is 1.62. The van der Waals surface area contributed by atoms with E-state index in [4.69, 9.17) is 9.15 Å². The SMILES string of the molecule is CCNC(=NCc1ccco1)NCC(OC)C(C)(C)C.I. The van der Waals surface area contributed by atoms with Gasteiger partial charge < -0.3 is 19.8 Å². The molecule has 0 aliphatic rings. The molecule has 1 atom stereocenters. The molecule has 21 heavy (non-hydrogen) atoms. The third kappa shape index (κ3) is 7.71. The van der Waals surface area contributed by atoms with Crippen molar-refractivity contribution in [2.24, 2.45) is 10.4 Å². The van der Waals surface area contributed by atoms with Crippen LogP contribution < -0.4 is 10.6 Å². The molecule has 0 radical (unpaired) electrons. The van der Waals surface area contributed by atoms with E-state index >= 15 is 0 Å². The Balaban J connectivity index is 0.00000400. The van der Waals surface area contributed by atoms with E-state index < -0.39 is 0 Å². The standard InChI is InChI=1S/C15H27N3O2.HI/c1-6-16-14(17-10-12-8-7-9-20-12)18-11-13(19-5)15(2,3)4;/h7-9,13H,6,10-11H2,1-5H3,(H2,16,17,18);1H. The van der Waals surface area contributed by atoms with E-state index in [9.17, 15) is 0 Å². The molecule has 0 saturated heterocycles. The van der Waals surface area contributed by atoms with Gasteiger partial charge in [0.1, 0.15) is 12.3 Å². The zero-order valence-electron chi connectivity index (χ0n) is 13.6. The molecule has 1 aromatic rings. The van der Waals surface area contributed by atoms with E-state index in [1.807, 2.05) is 19.1 Å². The first-order valence-electron chi connectivity index (χ1n) is 7.04. The lowest BCUT2D eigenvalue weighted by molar-refractivity contribution is 0.0205. The molecule has 2 N–H and O–H groups in total. The molecule has 1 heterocycles. The van der Waals surface area contributed by atoms with Gasteiger partial charge in [-0.1, -0.05) is 20.8 Å². The number of aliphatic imine (C=N–C) groups is 1. The van der Waals surface area contributed by atoms with Crippen LogP contribution >= 0.6 is 24.0 Å². The molecule has 0 amide bonds. The Bertz CT molecular complexity index is 400. The summed E-state index contributed by atoms with van der Waals surface area (Å²) in [5, 5.41) is 6.53. The fourth-order valence-electron chi connectivity index (χ4n) is 1.83. The lowest BCUT2D eigenvalue weighted by Crippen LogP contribution is -2.45. The predicted octanol–water partition coefficient (Wildman–Crippen LogP) is 3.01. The first-order chi connectivity index (χ1) is 9.47. The third-order valence-electron chi connectivity index (χ3n) is 3.02. The maximum atomic E-state index is 5.53. The molecule has 5 nitrogen and oxygen atoms in total. The van der Waals surface area contributed by atoms with Crippen molar-refractivity contribution in [1.29, 1.82) is 0 Å². The predicted molar refractivity (Wildman–Crippen MR) is 97.2 cm³/mol. The van der Waals surface area contributed by atoms with Gasteiger partial charge in [0, 0.05) is 20.2 Å². The van der Waals surface area contributed by atoms with Crippen LogP contribution in [0.15, 0.2) is 27.8 Å². The molecule has 0 spiro atoms. The van der Waals surface area contributed by atoms with Crippen LogP contribution in [0.25, 0.3) is 0 Å². The highest BCUT2D eigenvalue weighted by Crippen LogP contribution is 2.20. The van der Waals surface area contributed by atoms with Gasteiger partial charge in [-0.15, -0.1) is 24.0 Å². The molecule has 1 unspecified atom stereocenters. The topological polar surface area (TPSA) is 58.8 Å². The van der Waals surface area contributed by atoms with E-state index in [-0.39, 0.29) is 35.5 Å². The van der Waals surface area contributed by atoms with Crippen molar-refractivity contribution in [3.63, 3.8) is 0 Å². The van der Waals surface area contributed by atoms with Gasteiger partial charge in [-0.05, 0) is 24.5 Å². The van der Waals surface area contributed by atoms with Crippen molar-refractivity contribution < 1.29 is 9.15 Å². The zero-order chi connectivity index (χ0) is 15.0. The summed E-state index contributed by atoms with van der Waals surface area (Å²) in [7, 11) is 1.74. The lowest BCUT2D eigenvalue weighted by atomic mass is 9.89. The van der Waals surface area contributed by atoms with Crippen molar-refractivity contribution in [2.75, 3.05) is 20.2 Å². The van der Waals surface area contributed by atoms with Crippen LogP contribution in [-0.4, -0.2) is 32.3 Å². The van der Waals surface area contributed by atoms with Crippen molar-refractivity contribution in [1.82, 2.24) is 10.6 Å². The van der Waals surface area contributed by atoms with Gasteiger partial charge in [0.05, 0.1) is 12.4 Å². The largest absolute Gasteiger partial charge is 0.467 e. The van der Waals surface area contributed by atoms with Gasteiger partial charge in [0.2, 0.25) is 0 Å².